The van der Waals surface area contributed by atoms with Crippen LogP contribution in [0.4, 0.5) is 0 Å². The van der Waals surface area contributed by atoms with Crippen molar-refractivity contribution in [2.24, 2.45) is 9.98 Å². The Morgan fingerprint density at radius 3 is 2.83 bits per heavy atom. The van der Waals surface area contributed by atoms with Crippen molar-refractivity contribution < 1.29 is 4.74 Å². The first-order chi connectivity index (χ1) is 14.8. The molecule has 0 radical (unpaired) electrons. The van der Waals surface area contributed by atoms with E-state index in [-0.39, 0.29) is 0 Å². The van der Waals surface area contributed by atoms with Crippen LogP contribution in [0.3, 0.4) is 0 Å². The summed E-state index contributed by atoms with van der Waals surface area (Å²) >= 11 is 0. The summed E-state index contributed by atoms with van der Waals surface area (Å²) in [5, 5.41) is 7.42. The van der Waals surface area contributed by atoms with Crippen molar-refractivity contribution in [2.75, 3.05) is 26.4 Å². The molecule has 0 atom stereocenters. The maximum atomic E-state index is 6.12. The summed E-state index contributed by atoms with van der Waals surface area (Å²) in [7, 11) is 0. The second-order valence-electron chi connectivity index (χ2n) is 7.91. The topological polar surface area (TPSA) is 65.9 Å². The van der Waals surface area contributed by atoms with Gasteiger partial charge in [0.2, 0.25) is 0 Å². The van der Waals surface area contributed by atoms with E-state index in [9.17, 15) is 0 Å². The third-order valence-corrected chi connectivity index (χ3v) is 5.63. The van der Waals surface area contributed by atoms with E-state index in [0.717, 1.165) is 75.4 Å². The van der Waals surface area contributed by atoms with Gasteiger partial charge < -0.3 is 4.74 Å². The number of aromatic nitrogens is 2. The van der Waals surface area contributed by atoms with Crippen LogP contribution in [0.15, 0.2) is 52.1 Å². The summed E-state index contributed by atoms with van der Waals surface area (Å²) in [4.78, 5) is 11.0. The molecule has 1 aromatic heterocycles. The number of ether oxygens (including phenoxy) is 1. The molecular formula is C24H35N5O. The SMILES string of the molecule is C=N/C=C1/C=CC=C/C1=N/CN1CCC(OCCCCCc2cc(CC)n[nH]2)CC1. The molecule has 0 spiro atoms. The Labute approximate surface area is 180 Å². The molecule has 6 heteroatoms. The molecule has 1 fully saturated rings. The zero-order chi connectivity index (χ0) is 21.0. The molecule has 6 nitrogen and oxygen atoms in total. The number of H-pyrrole nitrogens is 1. The highest BCUT2D eigenvalue weighted by molar-refractivity contribution is 6.11. The maximum Gasteiger partial charge on any atom is 0.0916 e. The molecular weight excluding hydrogens is 374 g/mol. The van der Waals surface area contributed by atoms with Gasteiger partial charge in [0.25, 0.3) is 0 Å². The van der Waals surface area contributed by atoms with Crippen LogP contribution in [0.5, 0.6) is 0 Å². The molecule has 1 N–H and O–H groups in total. The van der Waals surface area contributed by atoms with Crippen molar-refractivity contribution in [3.8, 4) is 0 Å². The number of aliphatic imine (C=N–C) groups is 2. The van der Waals surface area contributed by atoms with Gasteiger partial charge in [0.05, 0.1) is 24.2 Å². The molecule has 1 aliphatic heterocycles. The van der Waals surface area contributed by atoms with Crippen LogP contribution in [0.2, 0.25) is 0 Å². The summed E-state index contributed by atoms with van der Waals surface area (Å²) in [6.07, 6.45) is 18.0. The number of unbranched alkanes of at least 4 members (excludes halogenated alkanes) is 2. The third kappa shape index (κ3) is 7.18. The summed E-state index contributed by atoms with van der Waals surface area (Å²) in [5.41, 5.74) is 4.41. The van der Waals surface area contributed by atoms with E-state index in [2.05, 4.69) is 39.8 Å². The van der Waals surface area contributed by atoms with E-state index in [0.29, 0.717) is 6.10 Å². The molecule has 0 amide bonds. The first-order valence-electron chi connectivity index (χ1n) is 11.2. The Balaban J connectivity index is 1.26. The Morgan fingerprint density at radius 2 is 2.07 bits per heavy atom. The van der Waals surface area contributed by atoms with Gasteiger partial charge in [-0.05, 0) is 57.4 Å². The van der Waals surface area contributed by atoms with Gasteiger partial charge in [-0.15, -0.1) is 0 Å². The van der Waals surface area contributed by atoms with Gasteiger partial charge in [-0.1, -0.05) is 31.6 Å². The second kappa shape index (κ2) is 12.4. The predicted molar refractivity (Wildman–Crippen MR) is 124 cm³/mol. The number of rotatable bonds is 11. The molecule has 1 saturated heterocycles. The Kier molecular flexibility index (Phi) is 9.25. The van der Waals surface area contributed by atoms with E-state index in [1.807, 2.05) is 24.3 Å². The zero-order valence-electron chi connectivity index (χ0n) is 18.2. The number of nitrogens with zero attached hydrogens (tertiary/aromatic N) is 4. The highest BCUT2D eigenvalue weighted by atomic mass is 16.5. The first kappa shape index (κ1) is 22.4. The summed E-state index contributed by atoms with van der Waals surface area (Å²) in [5.74, 6) is 0. The Morgan fingerprint density at radius 1 is 1.23 bits per heavy atom. The summed E-state index contributed by atoms with van der Waals surface area (Å²) in [6.45, 7) is 9.35. The van der Waals surface area contributed by atoms with Crippen LogP contribution in [0, 0.1) is 0 Å². The minimum Gasteiger partial charge on any atom is -0.378 e. The molecule has 2 aliphatic rings. The molecule has 2 heterocycles. The van der Waals surface area contributed by atoms with Gasteiger partial charge in [0, 0.05) is 37.2 Å². The van der Waals surface area contributed by atoms with E-state index >= 15 is 0 Å². The molecule has 0 unspecified atom stereocenters. The number of piperidine rings is 1. The Bertz CT molecular complexity index is 781. The molecule has 0 aromatic carbocycles. The Hall–Kier alpha value is -2.31. The van der Waals surface area contributed by atoms with Crippen LogP contribution >= 0.6 is 0 Å². The minimum absolute atomic E-state index is 0.395. The van der Waals surface area contributed by atoms with Gasteiger partial charge >= 0.3 is 0 Å². The molecule has 0 bridgehead atoms. The number of aryl methyl sites for hydroxylation is 2. The van der Waals surface area contributed by atoms with Crippen molar-refractivity contribution in [1.82, 2.24) is 15.1 Å². The van der Waals surface area contributed by atoms with Crippen LogP contribution in [-0.2, 0) is 17.6 Å². The highest BCUT2D eigenvalue weighted by Crippen LogP contribution is 2.16. The largest absolute Gasteiger partial charge is 0.378 e. The predicted octanol–water partition coefficient (Wildman–Crippen LogP) is 4.27. The fourth-order valence-electron chi connectivity index (χ4n) is 3.80. The van der Waals surface area contributed by atoms with Crippen molar-refractivity contribution in [1.29, 1.82) is 0 Å². The number of likely N-dealkylation sites (tertiary alicyclic amines) is 1. The van der Waals surface area contributed by atoms with Gasteiger partial charge in [-0.3, -0.25) is 20.0 Å². The van der Waals surface area contributed by atoms with E-state index < -0.39 is 0 Å². The lowest BCUT2D eigenvalue weighted by molar-refractivity contribution is 0.00656. The molecule has 0 saturated carbocycles. The lowest BCUT2D eigenvalue weighted by Crippen LogP contribution is -2.37. The number of hydrogen-bond acceptors (Lipinski definition) is 5. The van der Waals surface area contributed by atoms with E-state index in [1.165, 1.54) is 18.5 Å². The van der Waals surface area contributed by atoms with Gasteiger partial charge in [0.15, 0.2) is 0 Å². The first-order valence-corrected chi connectivity index (χ1v) is 11.2. The molecule has 1 aliphatic carbocycles. The standard InChI is InChI=1S/C24H35N5O/c1-3-21-17-22(28-27-21)10-5-4-8-16-30-23-12-14-29(15-13-23)19-26-24-11-7-6-9-20(24)18-25-2/h6-7,9,11,17-18,23H,2-5,8,10,12-16,19H2,1H3,(H,27,28)/b20-18-,26-24-. The van der Waals surface area contributed by atoms with Crippen molar-refractivity contribution in [2.45, 2.75) is 58.0 Å². The van der Waals surface area contributed by atoms with Crippen molar-refractivity contribution in [3.05, 3.63) is 53.5 Å². The second-order valence-corrected chi connectivity index (χ2v) is 7.91. The van der Waals surface area contributed by atoms with E-state index in [4.69, 9.17) is 9.73 Å². The lowest BCUT2D eigenvalue weighted by atomic mass is 10.1. The van der Waals surface area contributed by atoms with Crippen molar-refractivity contribution in [3.63, 3.8) is 0 Å². The average Bonchev–Trinajstić information content (AvgIpc) is 3.24. The number of aromatic amines is 1. The molecule has 30 heavy (non-hydrogen) atoms. The smallest absolute Gasteiger partial charge is 0.0916 e. The monoisotopic (exact) mass is 409 g/mol. The van der Waals surface area contributed by atoms with Crippen LogP contribution in [-0.4, -0.2) is 60.0 Å². The average molecular weight is 410 g/mol. The fraction of sp³-hybridized carbons (Fsp3) is 0.542. The quantitative estimate of drug-likeness (QED) is 0.438. The van der Waals surface area contributed by atoms with Gasteiger partial charge in [0.1, 0.15) is 0 Å². The minimum atomic E-state index is 0.395. The van der Waals surface area contributed by atoms with Gasteiger partial charge in [-0.2, -0.15) is 5.10 Å². The number of hydrogen-bond donors (Lipinski definition) is 1. The molecule has 162 valence electrons. The lowest BCUT2D eigenvalue weighted by Gasteiger charge is -2.31. The zero-order valence-corrected chi connectivity index (χ0v) is 18.2. The van der Waals surface area contributed by atoms with E-state index in [1.54, 1.807) is 6.20 Å². The molecule has 3 rings (SSSR count). The summed E-state index contributed by atoms with van der Waals surface area (Å²) < 4.78 is 6.12. The summed E-state index contributed by atoms with van der Waals surface area (Å²) in [6, 6.07) is 2.18. The van der Waals surface area contributed by atoms with Gasteiger partial charge in [-0.25, -0.2) is 0 Å². The number of allylic oxidation sites excluding steroid dienone is 5. The number of nitrogens with one attached hydrogen (secondary N) is 1. The normalized spacial score (nSPS) is 20.4. The van der Waals surface area contributed by atoms with Crippen LogP contribution < -0.4 is 0 Å². The van der Waals surface area contributed by atoms with Crippen molar-refractivity contribution >= 4 is 12.4 Å². The van der Waals surface area contributed by atoms with Crippen LogP contribution in [0.1, 0.15) is 50.4 Å². The fourth-order valence-corrected chi connectivity index (χ4v) is 3.80. The van der Waals surface area contributed by atoms with Crippen LogP contribution in [0.25, 0.3) is 0 Å². The highest BCUT2D eigenvalue weighted by Gasteiger charge is 2.19. The maximum absolute atomic E-state index is 6.12. The molecule has 1 aromatic rings. The third-order valence-electron chi connectivity index (χ3n) is 5.63.